The summed E-state index contributed by atoms with van der Waals surface area (Å²) >= 11 is 0. The van der Waals surface area contributed by atoms with E-state index >= 15 is 0 Å². The van der Waals surface area contributed by atoms with Crippen molar-refractivity contribution in [1.29, 1.82) is 0 Å². The van der Waals surface area contributed by atoms with E-state index in [2.05, 4.69) is 15.7 Å². The second-order valence-corrected chi connectivity index (χ2v) is 9.61. The molecule has 4 bridgehead atoms. The summed E-state index contributed by atoms with van der Waals surface area (Å²) in [7, 11) is 0. The SMILES string of the molecule is CC(=O)NC12C[C@H]3C[C@@H](C1)CC(C(=O)Nc1ccc(-n4ccc(C)n4)cc1)(C3)C2. The third-order valence-corrected chi connectivity index (χ3v) is 7.10. The molecule has 2 N–H and O–H groups in total. The molecule has 1 heterocycles. The Kier molecular flexibility index (Phi) is 4.09. The molecule has 6 nitrogen and oxygen atoms in total. The summed E-state index contributed by atoms with van der Waals surface area (Å²) in [5.74, 6) is 1.22. The number of carbonyl (C=O) groups excluding carboxylic acids is 2. The molecule has 0 saturated heterocycles. The zero-order valence-electron chi connectivity index (χ0n) is 17.1. The van der Waals surface area contributed by atoms with E-state index in [9.17, 15) is 9.59 Å². The zero-order chi connectivity index (χ0) is 20.2. The predicted octanol–water partition coefficient (Wildman–Crippen LogP) is 3.59. The van der Waals surface area contributed by atoms with Gasteiger partial charge >= 0.3 is 0 Å². The van der Waals surface area contributed by atoms with E-state index in [0.29, 0.717) is 11.8 Å². The van der Waals surface area contributed by atoms with Crippen LogP contribution in [0.2, 0.25) is 0 Å². The first-order chi connectivity index (χ1) is 13.8. The molecule has 4 fully saturated rings. The molecule has 4 saturated carbocycles. The number of rotatable bonds is 4. The van der Waals surface area contributed by atoms with Gasteiger partial charge in [-0.05, 0) is 87.6 Å². The highest BCUT2D eigenvalue weighted by Gasteiger charge is 2.60. The summed E-state index contributed by atoms with van der Waals surface area (Å²) in [5.41, 5.74) is 2.21. The molecule has 4 aliphatic rings. The molecule has 0 radical (unpaired) electrons. The van der Waals surface area contributed by atoms with E-state index < -0.39 is 0 Å². The maximum absolute atomic E-state index is 13.4. The maximum atomic E-state index is 13.4. The van der Waals surface area contributed by atoms with Gasteiger partial charge in [-0.1, -0.05) is 0 Å². The number of hydrogen-bond acceptors (Lipinski definition) is 3. The average molecular weight is 393 g/mol. The Bertz CT molecular complexity index is 948. The smallest absolute Gasteiger partial charge is 0.230 e. The van der Waals surface area contributed by atoms with Gasteiger partial charge in [0.15, 0.2) is 0 Å². The number of aromatic nitrogens is 2. The lowest BCUT2D eigenvalue weighted by Gasteiger charge is -2.61. The number of carbonyl (C=O) groups is 2. The Hall–Kier alpha value is -2.63. The van der Waals surface area contributed by atoms with Gasteiger partial charge < -0.3 is 10.6 Å². The van der Waals surface area contributed by atoms with Gasteiger partial charge in [-0.3, -0.25) is 9.59 Å². The van der Waals surface area contributed by atoms with E-state index in [4.69, 9.17) is 0 Å². The number of benzene rings is 1. The van der Waals surface area contributed by atoms with Crippen LogP contribution in [-0.2, 0) is 9.59 Å². The van der Waals surface area contributed by atoms with Crippen molar-refractivity contribution in [2.45, 2.75) is 57.9 Å². The van der Waals surface area contributed by atoms with E-state index in [-0.39, 0.29) is 22.8 Å². The topological polar surface area (TPSA) is 76.0 Å². The van der Waals surface area contributed by atoms with Crippen LogP contribution in [0.25, 0.3) is 5.69 Å². The van der Waals surface area contributed by atoms with Gasteiger partial charge in [0.05, 0.1) is 16.8 Å². The van der Waals surface area contributed by atoms with Crippen LogP contribution in [0.1, 0.15) is 51.1 Å². The minimum atomic E-state index is -0.357. The number of hydrogen-bond donors (Lipinski definition) is 2. The second kappa shape index (κ2) is 6.44. The quantitative estimate of drug-likeness (QED) is 0.835. The molecule has 6 heteroatoms. The van der Waals surface area contributed by atoms with Crippen LogP contribution >= 0.6 is 0 Å². The molecule has 2 amide bonds. The molecular weight excluding hydrogens is 364 g/mol. The first kappa shape index (κ1) is 18.4. The van der Waals surface area contributed by atoms with Crippen LogP contribution in [0.3, 0.4) is 0 Å². The van der Waals surface area contributed by atoms with Gasteiger partial charge in [0.1, 0.15) is 0 Å². The van der Waals surface area contributed by atoms with Gasteiger partial charge in [0.25, 0.3) is 0 Å². The van der Waals surface area contributed by atoms with Crippen molar-refractivity contribution in [1.82, 2.24) is 15.1 Å². The van der Waals surface area contributed by atoms with Crippen LogP contribution in [0.4, 0.5) is 5.69 Å². The fourth-order valence-electron chi connectivity index (χ4n) is 6.57. The van der Waals surface area contributed by atoms with E-state index in [1.165, 1.54) is 6.42 Å². The molecular formula is C23H28N4O2. The molecule has 0 spiro atoms. The van der Waals surface area contributed by atoms with Crippen molar-refractivity contribution in [3.8, 4) is 5.69 Å². The first-order valence-electron chi connectivity index (χ1n) is 10.6. The largest absolute Gasteiger partial charge is 0.351 e. The highest BCUT2D eigenvalue weighted by atomic mass is 16.2. The van der Waals surface area contributed by atoms with E-state index in [1.807, 2.05) is 48.1 Å². The highest BCUT2D eigenvalue weighted by molar-refractivity contribution is 5.96. The fourth-order valence-corrected chi connectivity index (χ4v) is 6.57. The van der Waals surface area contributed by atoms with Crippen LogP contribution in [-0.4, -0.2) is 27.1 Å². The molecule has 4 aliphatic carbocycles. The Balaban J connectivity index is 1.34. The average Bonchev–Trinajstić information content (AvgIpc) is 3.06. The minimum Gasteiger partial charge on any atom is -0.351 e. The van der Waals surface area contributed by atoms with Crippen molar-refractivity contribution < 1.29 is 9.59 Å². The van der Waals surface area contributed by atoms with Crippen molar-refractivity contribution in [2.75, 3.05) is 5.32 Å². The number of nitrogens with zero attached hydrogens (tertiary/aromatic N) is 2. The normalized spacial score (nSPS) is 32.2. The van der Waals surface area contributed by atoms with Crippen LogP contribution in [0.15, 0.2) is 36.5 Å². The molecule has 152 valence electrons. The maximum Gasteiger partial charge on any atom is 0.230 e. The fraction of sp³-hybridized carbons (Fsp3) is 0.522. The third kappa shape index (κ3) is 3.24. The van der Waals surface area contributed by atoms with Crippen LogP contribution in [0.5, 0.6) is 0 Å². The summed E-state index contributed by atoms with van der Waals surface area (Å²) in [6.07, 6.45) is 7.84. The van der Waals surface area contributed by atoms with Gasteiger partial charge in [-0.2, -0.15) is 5.10 Å². The number of anilines is 1. The van der Waals surface area contributed by atoms with Crippen LogP contribution in [0, 0.1) is 24.2 Å². The molecule has 1 aromatic carbocycles. The molecule has 6 rings (SSSR count). The number of nitrogens with one attached hydrogen (secondary N) is 2. The molecule has 0 aliphatic heterocycles. The van der Waals surface area contributed by atoms with Crippen molar-refractivity contribution >= 4 is 17.5 Å². The van der Waals surface area contributed by atoms with Gasteiger partial charge in [-0.25, -0.2) is 4.68 Å². The Morgan fingerprint density at radius 1 is 1.07 bits per heavy atom. The lowest BCUT2D eigenvalue weighted by atomic mass is 9.46. The summed E-state index contributed by atoms with van der Waals surface area (Å²) in [6, 6.07) is 9.79. The third-order valence-electron chi connectivity index (χ3n) is 7.10. The van der Waals surface area contributed by atoms with Crippen molar-refractivity contribution in [3.63, 3.8) is 0 Å². The summed E-state index contributed by atoms with van der Waals surface area (Å²) < 4.78 is 1.83. The summed E-state index contributed by atoms with van der Waals surface area (Å²) in [5, 5.41) is 10.8. The number of aryl methyl sites for hydroxylation is 1. The Morgan fingerprint density at radius 3 is 2.34 bits per heavy atom. The number of amides is 2. The Morgan fingerprint density at radius 2 is 1.76 bits per heavy atom. The molecule has 1 aromatic heterocycles. The van der Waals surface area contributed by atoms with Crippen molar-refractivity contribution in [2.24, 2.45) is 17.3 Å². The van der Waals surface area contributed by atoms with Crippen LogP contribution < -0.4 is 10.6 Å². The summed E-state index contributed by atoms with van der Waals surface area (Å²) in [4.78, 5) is 25.2. The zero-order valence-corrected chi connectivity index (χ0v) is 17.1. The lowest BCUT2D eigenvalue weighted by Crippen LogP contribution is -2.65. The molecule has 4 atom stereocenters. The monoisotopic (exact) mass is 392 g/mol. The Labute approximate surface area is 171 Å². The second-order valence-electron chi connectivity index (χ2n) is 9.61. The molecule has 2 aromatic rings. The van der Waals surface area contributed by atoms with E-state index in [0.717, 1.165) is 49.2 Å². The lowest BCUT2D eigenvalue weighted by molar-refractivity contribution is -0.148. The first-order valence-corrected chi connectivity index (χ1v) is 10.6. The highest BCUT2D eigenvalue weighted by Crippen LogP contribution is 2.61. The predicted molar refractivity (Wildman–Crippen MR) is 111 cm³/mol. The van der Waals surface area contributed by atoms with Gasteiger partial charge in [0, 0.05) is 24.3 Å². The van der Waals surface area contributed by atoms with Gasteiger partial charge in [-0.15, -0.1) is 0 Å². The molecule has 2 unspecified atom stereocenters. The molecule has 29 heavy (non-hydrogen) atoms. The van der Waals surface area contributed by atoms with Crippen molar-refractivity contribution in [3.05, 3.63) is 42.2 Å². The van der Waals surface area contributed by atoms with Gasteiger partial charge in [0.2, 0.25) is 11.8 Å². The minimum absolute atomic E-state index is 0.0203. The standard InChI is InChI=1S/C23H28N4O2/c1-15-7-8-27(26-15)20-5-3-19(4-6-20)24-21(29)22-10-17-9-18(11-22)13-23(12-17,14-22)25-16(2)28/h3-8,17-18H,9-14H2,1-2H3,(H,24,29)(H,25,28)/t17-,18+,22?,23?. The summed E-state index contributed by atoms with van der Waals surface area (Å²) in [6.45, 7) is 3.55. The van der Waals surface area contributed by atoms with E-state index in [1.54, 1.807) is 6.92 Å².